The average molecular weight is 204 g/mol. The molecule has 0 atom stereocenters. The SMILES string of the molecule is COc1cc2c(c(OC)c1)C(=O)C=CC2. The Kier molecular flexibility index (Phi) is 2.46. The molecule has 0 aromatic heterocycles. The average Bonchev–Trinajstić information content (AvgIpc) is 2.27. The lowest BCUT2D eigenvalue weighted by Gasteiger charge is -2.15. The summed E-state index contributed by atoms with van der Waals surface area (Å²) in [6.45, 7) is 0. The second-order valence-corrected chi connectivity index (χ2v) is 3.33. The summed E-state index contributed by atoms with van der Waals surface area (Å²) in [4.78, 5) is 11.7. The zero-order valence-electron chi connectivity index (χ0n) is 8.74. The number of allylic oxidation sites excluding steroid dienone is 2. The minimum Gasteiger partial charge on any atom is -0.497 e. The smallest absolute Gasteiger partial charge is 0.189 e. The normalized spacial score (nSPS) is 13.6. The van der Waals surface area contributed by atoms with Crippen LogP contribution in [0, 0.1) is 0 Å². The van der Waals surface area contributed by atoms with Crippen molar-refractivity contribution in [2.24, 2.45) is 0 Å². The van der Waals surface area contributed by atoms with Crippen molar-refractivity contribution < 1.29 is 14.3 Å². The van der Waals surface area contributed by atoms with Gasteiger partial charge in [0.05, 0.1) is 19.8 Å². The van der Waals surface area contributed by atoms with Crippen LogP contribution in [-0.4, -0.2) is 20.0 Å². The van der Waals surface area contributed by atoms with Crippen LogP contribution in [0.2, 0.25) is 0 Å². The van der Waals surface area contributed by atoms with Gasteiger partial charge in [-0.15, -0.1) is 0 Å². The Morgan fingerprint density at radius 2 is 2.00 bits per heavy atom. The lowest BCUT2D eigenvalue weighted by Crippen LogP contribution is -2.08. The molecule has 0 N–H and O–H groups in total. The molecule has 0 bridgehead atoms. The van der Waals surface area contributed by atoms with Crippen LogP contribution < -0.4 is 9.47 Å². The van der Waals surface area contributed by atoms with Crippen LogP contribution in [0.1, 0.15) is 15.9 Å². The number of carbonyl (C=O) groups excluding carboxylic acids is 1. The summed E-state index contributed by atoms with van der Waals surface area (Å²) in [6.07, 6.45) is 4.18. The summed E-state index contributed by atoms with van der Waals surface area (Å²) in [7, 11) is 3.16. The fourth-order valence-electron chi connectivity index (χ4n) is 1.74. The monoisotopic (exact) mass is 204 g/mol. The third-order valence-electron chi connectivity index (χ3n) is 2.47. The van der Waals surface area contributed by atoms with Crippen molar-refractivity contribution >= 4 is 5.78 Å². The molecule has 1 aromatic carbocycles. The van der Waals surface area contributed by atoms with Gasteiger partial charge in [-0.1, -0.05) is 6.08 Å². The third kappa shape index (κ3) is 1.61. The third-order valence-corrected chi connectivity index (χ3v) is 2.47. The number of benzene rings is 1. The molecule has 3 nitrogen and oxygen atoms in total. The molecule has 1 aliphatic rings. The van der Waals surface area contributed by atoms with E-state index in [9.17, 15) is 4.79 Å². The highest BCUT2D eigenvalue weighted by molar-refractivity contribution is 6.08. The van der Waals surface area contributed by atoms with Gasteiger partial charge in [-0.2, -0.15) is 0 Å². The van der Waals surface area contributed by atoms with E-state index in [0.29, 0.717) is 17.1 Å². The molecule has 0 radical (unpaired) electrons. The van der Waals surface area contributed by atoms with E-state index >= 15 is 0 Å². The first kappa shape index (κ1) is 9.77. The maximum atomic E-state index is 11.7. The van der Waals surface area contributed by atoms with Crippen molar-refractivity contribution in [1.29, 1.82) is 0 Å². The number of rotatable bonds is 2. The maximum absolute atomic E-state index is 11.7. The summed E-state index contributed by atoms with van der Waals surface area (Å²) in [6, 6.07) is 3.61. The first-order valence-corrected chi connectivity index (χ1v) is 4.72. The van der Waals surface area contributed by atoms with Gasteiger partial charge in [0, 0.05) is 6.07 Å². The van der Waals surface area contributed by atoms with Crippen molar-refractivity contribution in [3.05, 3.63) is 35.4 Å². The van der Waals surface area contributed by atoms with Gasteiger partial charge >= 0.3 is 0 Å². The Bertz CT molecular complexity index is 433. The first-order chi connectivity index (χ1) is 7.26. The van der Waals surface area contributed by atoms with Gasteiger partial charge in [0.15, 0.2) is 5.78 Å². The van der Waals surface area contributed by atoms with E-state index in [0.717, 1.165) is 12.0 Å². The lowest BCUT2D eigenvalue weighted by atomic mass is 9.94. The van der Waals surface area contributed by atoms with Crippen molar-refractivity contribution in [1.82, 2.24) is 0 Å². The Labute approximate surface area is 88.3 Å². The van der Waals surface area contributed by atoms with Crippen LogP contribution in [0.4, 0.5) is 0 Å². The molecule has 0 unspecified atom stereocenters. The minimum absolute atomic E-state index is 0.00393. The summed E-state index contributed by atoms with van der Waals surface area (Å²) in [5.41, 5.74) is 1.61. The predicted molar refractivity (Wildman–Crippen MR) is 56.7 cm³/mol. The molecule has 0 amide bonds. The molecule has 1 aromatic rings. The van der Waals surface area contributed by atoms with E-state index in [1.807, 2.05) is 12.1 Å². The quantitative estimate of drug-likeness (QED) is 0.739. The minimum atomic E-state index is -0.00393. The molecule has 15 heavy (non-hydrogen) atoms. The fraction of sp³-hybridized carbons (Fsp3) is 0.250. The molecule has 0 heterocycles. The first-order valence-electron chi connectivity index (χ1n) is 4.72. The molecule has 0 saturated heterocycles. The zero-order valence-corrected chi connectivity index (χ0v) is 8.74. The van der Waals surface area contributed by atoms with Gasteiger partial charge in [0.1, 0.15) is 11.5 Å². The largest absolute Gasteiger partial charge is 0.497 e. The molecule has 0 aliphatic heterocycles. The van der Waals surface area contributed by atoms with Crippen LogP contribution in [0.25, 0.3) is 0 Å². The summed E-state index contributed by atoms with van der Waals surface area (Å²) >= 11 is 0. The van der Waals surface area contributed by atoms with E-state index in [1.165, 1.54) is 0 Å². The standard InChI is InChI=1S/C12H12O3/c1-14-9-6-8-4-3-5-10(13)12(8)11(7-9)15-2/h3,5-7H,4H2,1-2H3. The Hall–Kier alpha value is -1.77. The maximum Gasteiger partial charge on any atom is 0.189 e. The molecular weight excluding hydrogens is 192 g/mol. The number of methoxy groups -OCH3 is 2. The van der Waals surface area contributed by atoms with E-state index in [1.54, 1.807) is 26.4 Å². The van der Waals surface area contributed by atoms with Crippen molar-refractivity contribution in [2.75, 3.05) is 14.2 Å². The number of fused-ring (bicyclic) bond motifs is 1. The molecule has 0 fully saturated rings. The van der Waals surface area contributed by atoms with Crippen LogP contribution in [0.15, 0.2) is 24.3 Å². The Morgan fingerprint density at radius 3 is 2.67 bits per heavy atom. The van der Waals surface area contributed by atoms with Gasteiger partial charge in [-0.05, 0) is 24.1 Å². The van der Waals surface area contributed by atoms with Gasteiger partial charge in [-0.3, -0.25) is 4.79 Å². The highest BCUT2D eigenvalue weighted by atomic mass is 16.5. The second kappa shape index (κ2) is 3.77. The predicted octanol–water partition coefficient (Wildman–Crippen LogP) is 2.00. The van der Waals surface area contributed by atoms with Crippen LogP contribution in [-0.2, 0) is 6.42 Å². The highest BCUT2D eigenvalue weighted by Gasteiger charge is 2.19. The summed E-state index contributed by atoms with van der Waals surface area (Å²) in [5, 5.41) is 0. The zero-order chi connectivity index (χ0) is 10.8. The molecular formula is C12H12O3. The van der Waals surface area contributed by atoms with Crippen molar-refractivity contribution in [2.45, 2.75) is 6.42 Å². The van der Waals surface area contributed by atoms with E-state index in [4.69, 9.17) is 9.47 Å². The molecule has 2 rings (SSSR count). The second-order valence-electron chi connectivity index (χ2n) is 3.33. The van der Waals surface area contributed by atoms with Crippen LogP contribution >= 0.6 is 0 Å². The topological polar surface area (TPSA) is 35.5 Å². The number of ether oxygens (including phenoxy) is 2. The summed E-state index contributed by atoms with van der Waals surface area (Å²) < 4.78 is 10.3. The molecule has 0 spiro atoms. The van der Waals surface area contributed by atoms with Crippen LogP contribution in [0.3, 0.4) is 0 Å². The molecule has 0 saturated carbocycles. The number of carbonyl (C=O) groups is 1. The van der Waals surface area contributed by atoms with Gasteiger partial charge in [0.2, 0.25) is 0 Å². The van der Waals surface area contributed by atoms with E-state index in [2.05, 4.69) is 0 Å². The number of hydrogen-bond acceptors (Lipinski definition) is 3. The summed E-state index contributed by atoms with van der Waals surface area (Å²) in [5.74, 6) is 1.29. The van der Waals surface area contributed by atoms with Gasteiger partial charge in [0.25, 0.3) is 0 Å². The van der Waals surface area contributed by atoms with Crippen molar-refractivity contribution in [3.63, 3.8) is 0 Å². The van der Waals surface area contributed by atoms with Gasteiger partial charge in [-0.25, -0.2) is 0 Å². The Morgan fingerprint density at radius 1 is 1.20 bits per heavy atom. The van der Waals surface area contributed by atoms with Crippen molar-refractivity contribution in [3.8, 4) is 11.5 Å². The molecule has 3 heteroatoms. The van der Waals surface area contributed by atoms with Crippen LogP contribution in [0.5, 0.6) is 11.5 Å². The number of ketones is 1. The fourth-order valence-corrected chi connectivity index (χ4v) is 1.74. The van der Waals surface area contributed by atoms with Gasteiger partial charge < -0.3 is 9.47 Å². The number of hydrogen-bond donors (Lipinski definition) is 0. The van der Waals surface area contributed by atoms with E-state index in [-0.39, 0.29) is 5.78 Å². The Balaban J connectivity index is 2.60. The lowest BCUT2D eigenvalue weighted by molar-refractivity contribution is 0.104. The molecule has 1 aliphatic carbocycles. The molecule has 78 valence electrons. The highest BCUT2D eigenvalue weighted by Crippen LogP contribution is 2.31. The van der Waals surface area contributed by atoms with E-state index < -0.39 is 0 Å².